The lowest BCUT2D eigenvalue weighted by atomic mass is 10.2. The number of guanidine groups is 1. The molecule has 0 atom stereocenters. The molecular weight excluding hydrogens is 306 g/mol. The van der Waals surface area contributed by atoms with Gasteiger partial charge in [-0.15, -0.1) is 11.3 Å². The topological polar surface area (TPSA) is 45.7 Å². The average Bonchev–Trinajstić information content (AvgIpc) is 3.05. The lowest BCUT2D eigenvalue weighted by Gasteiger charge is -2.13. The molecule has 0 aliphatic carbocycles. The molecule has 2 rings (SSSR count). The standard InChI is InChI=1S/C18H25N3OS/c1-14(2)22-16-8-6-15(7-9-16)13-21-18(19-3)20-11-10-17-5-4-12-23-17/h4-9,12,14H,10-11,13H2,1-3H3,(H2,19,20,21). The number of hydrogen-bond acceptors (Lipinski definition) is 3. The largest absolute Gasteiger partial charge is 0.491 e. The van der Waals surface area contributed by atoms with Gasteiger partial charge >= 0.3 is 0 Å². The first-order chi connectivity index (χ1) is 11.2. The van der Waals surface area contributed by atoms with Gasteiger partial charge in [0.15, 0.2) is 5.96 Å². The average molecular weight is 331 g/mol. The van der Waals surface area contributed by atoms with Crippen molar-refractivity contribution < 1.29 is 4.74 Å². The van der Waals surface area contributed by atoms with Crippen molar-refractivity contribution in [3.63, 3.8) is 0 Å². The molecule has 2 N–H and O–H groups in total. The van der Waals surface area contributed by atoms with Crippen molar-refractivity contribution in [1.29, 1.82) is 0 Å². The zero-order chi connectivity index (χ0) is 16.5. The first-order valence-corrected chi connectivity index (χ1v) is 8.78. The highest BCUT2D eigenvalue weighted by molar-refractivity contribution is 7.09. The molecule has 5 heteroatoms. The fraction of sp³-hybridized carbons (Fsp3) is 0.389. The Kier molecular flexibility index (Phi) is 6.94. The third-order valence-electron chi connectivity index (χ3n) is 3.22. The molecule has 1 heterocycles. The summed E-state index contributed by atoms with van der Waals surface area (Å²) < 4.78 is 5.65. The van der Waals surface area contributed by atoms with Gasteiger partial charge in [-0.05, 0) is 49.4 Å². The van der Waals surface area contributed by atoms with Crippen LogP contribution in [0, 0.1) is 0 Å². The van der Waals surface area contributed by atoms with Gasteiger partial charge in [-0.1, -0.05) is 18.2 Å². The minimum atomic E-state index is 0.199. The third kappa shape index (κ3) is 6.32. The van der Waals surface area contributed by atoms with E-state index in [4.69, 9.17) is 4.74 Å². The number of aliphatic imine (C=N–C) groups is 1. The summed E-state index contributed by atoms with van der Waals surface area (Å²) in [6.45, 7) is 5.67. The Morgan fingerprint density at radius 1 is 1.17 bits per heavy atom. The summed E-state index contributed by atoms with van der Waals surface area (Å²) in [6.07, 6.45) is 1.21. The number of benzene rings is 1. The number of rotatable bonds is 7. The first-order valence-electron chi connectivity index (χ1n) is 7.90. The molecule has 0 aliphatic rings. The van der Waals surface area contributed by atoms with Crippen LogP contribution in [0.5, 0.6) is 5.75 Å². The fourth-order valence-corrected chi connectivity index (χ4v) is 2.83. The van der Waals surface area contributed by atoms with E-state index in [0.29, 0.717) is 0 Å². The van der Waals surface area contributed by atoms with Gasteiger partial charge in [0, 0.05) is 25.0 Å². The maximum Gasteiger partial charge on any atom is 0.191 e. The molecule has 0 fully saturated rings. The molecular formula is C18H25N3OS. The molecule has 0 amide bonds. The van der Waals surface area contributed by atoms with Crippen LogP contribution in [0.15, 0.2) is 46.8 Å². The molecule has 1 aromatic heterocycles. The van der Waals surface area contributed by atoms with E-state index in [1.165, 1.54) is 10.4 Å². The quantitative estimate of drug-likeness (QED) is 0.603. The summed E-state index contributed by atoms with van der Waals surface area (Å²) >= 11 is 1.79. The van der Waals surface area contributed by atoms with Crippen molar-refractivity contribution in [1.82, 2.24) is 10.6 Å². The maximum atomic E-state index is 5.65. The van der Waals surface area contributed by atoms with Crippen molar-refractivity contribution in [2.75, 3.05) is 13.6 Å². The predicted octanol–water partition coefficient (Wildman–Crippen LogP) is 3.44. The summed E-state index contributed by atoms with van der Waals surface area (Å²) in [5.41, 5.74) is 1.20. The van der Waals surface area contributed by atoms with Crippen molar-refractivity contribution in [3.8, 4) is 5.75 Å². The van der Waals surface area contributed by atoms with Gasteiger partial charge in [0.05, 0.1) is 6.10 Å². The number of nitrogens with one attached hydrogen (secondary N) is 2. The molecule has 124 valence electrons. The van der Waals surface area contributed by atoms with Crippen molar-refractivity contribution in [2.24, 2.45) is 4.99 Å². The Labute approximate surface area is 142 Å². The fourth-order valence-electron chi connectivity index (χ4n) is 2.12. The summed E-state index contributed by atoms with van der Waals surface area (Å²) in [5, 5.41) is 8.77. The summed E-state index contributed by atoms with van der Waals surface area (Å²) in [4.78, 5) is 5.64. The minimum Gasteiger partial charge on any atom is -0.491 e. The SMILES string of the molecule is CN=C(NCCc1cccs1)NCc1ccc(OC(C)C)cc1. The van der Waals surface area contributed by atoms with Gasteiger partial charge in [-0.3, -0.25) is 4.99 Å². The molecule has 1 aromatic carbocycles. The zero-order valence-electron chi connectivity index (χ0n) is 14.0. The number of nitrogens with zero attached hydrogens (tertiary/aromatic N) is 1. The monoisotopic (exact) mass is 331 g/mol. The second kappa shape index (κ2) is 9.20. The van der Waals surface area contributed by atoms with E-state index in [0.717, 1.165) is 31.2 Å². The van der Waals surface area contributed by atoms with Crippen LogP contribution >= 0.6 is 11.3 Å². The lowest BCUT2D eigenvalue weighted by Crippen LogP contribution is -2.37. The second-order valence-corrected chi connectivity index (χ2v) is 6.52. The van der Waals surface area contributed by atoms with Crippen molar-refractivity contribution in [2.45, 2.75) is 32.9 Å². The molecule has 0 spiro atoms. The van der Waals surface area contributed by atoms with Crippen LogP contribution in [0.2, 0.25) is 0 Å². The Morgan fingerprint density at radius 3 is 2.57 bits per heavy atom. The highest BCUT2D eigenvalue weighted by Crippen LogP contribution is 2.13. The highest BCUT2D eigenvalue weighted by atomic mass is 32.1. The van der Waals surface area contributed by atoms with Crippen LogP contribution in [0.3, 0.4) is 0 Å². The molecule has 0 saturated heterocycles. The molecule has 2 aromatic rings. The van der Waals surface area contributed by atoms with Crippen molar-refractivity contribution in [3.05, 3.63) is 52.2 Å². The first kappa shape index (κ1) is 17.3. The van der Waals surface area contributed by atoms with Gasteiger partial charge in [-0.25, -0.2) is 0 Å². The van der Waals surface area contributed by atoms with E-state index >= 15 is 0 Å². The third-order valence-corrected chi connectivity index (χ3v) is 4.16. The second-order valence-electron chi connectivity index (χ2n) is 5.49. The smallest absolute Gasteiger partial charge is 0.191 e. The van der Waals surface area contributed by atoms with Gasteiger partial charge < -0.3 is 15.4 Å². The molecule has 0 bridgehead atoms. The Balaban J connectivity index is 1.74. The van der Waals surface area contributed by atoms with E-state index in [1.807, 2.05) is 26.0 Å². The molecule has 0 unspecified atom stereocenters. The van der Waals surface area contributed by atoms with Gasteiger partial charge in [0.25, 0.3) is 0 Å². The van der Waals surface area contributed by atoms with Crippen LogP contribution < -0.4 is 15.4 Å². The molecule has 4 nitrogen and oxygen atoms in total. The zero-order valence-corrected chi connectivity index (χ0v) is 14.8. The normalized spacial score (nSPS) is 11.6. The Hall–Kier alpha value is -2.01. The van der Waals surface area contributed by atoms with Crippen LogP contribution in [-0.4, -0.2) is 25.7 Å². The summed E-state index contributed by atoms with van der Waals surface area (Å²) in [7, 11) is 1.79. The Bertz CT molecular complexity index is 591. The van der Waals surface area contributed by atoms with Crippen molar-refractivity contribution >= 4 is 17.3 Å². The van der Waals surface area contributed by atoms with Gasteiger partial charge in [-0.2, -0.15) is 0 Å². The molecule has 23 heavy (non-hydrogen) atoms. The van der Waals surface area contributed by atoms with E-state index in [1.54, 1.807) is 18.4 Å². The van der Waals surface area contributed by atoms with E-state index in [-0.39, 0.29) is 6.10 Å². The maximum absolute atomic E-state index is 5.65. The minimum absolute atomic E-state index is 0.199. The molecule has 0 radical (unpaired) electrons. The number of hydrogen-bond donors (Lipinski definition) is 2. The molecule has 0 saturated carbocycles. The lowest BCUT2D eigenvalue weighted by molar-refractivity contribution is 0.242. The van der Waals surface area contributed by atoms with Crippen LogP contribution in [0.25, 0.3) is 0 Å². The van der Waals surface area contributed by atoms with E-state index < -0.39 is 0 Å². The molecule has 0 aliphatic heterocycles. The van der Waals surface area contributed by atoms with Crippen LogP contribution in [0.4, 0.5) is 0 Å². The highest BCUT2D eigenvalue weighted by Gasteiger charge is 2.01. The van der Waals surface area contributed by atoms with Gasteiger partial charge in [0.2, 0.25) is 0 Å². The van der Waals surface area contributed by atoms with E-state index in [2.05, 4.69) is 45.3 Å². The number of thiophene rings is 1. The van der Waals surface area contributed by atoms with Crippen LogP contribution in [-0.2, 0) is 13.0 Å². The summed E-state index contributed by atoms with van der Waals surface area (Å²) in [5.74, 6) is 1.73. The van der Waals surface area contributed by atoms with E-state index in [9.17, 15) is 0 Å². The van der Waals surface area contributed by atoms with Gasteiger partial charge in [0.1, 0.15) is 5.75 Å². The van der Waals surface area contributed by atoms with Crippen LogP contribution in [0.1, 0.15) is 24.3 Å². The number of ether oxygens (including phenoxy) is 1. The predicted molar refractivity (Wildman–Crippen MR) is 98.4 cm³/mol. The Morgan fingerprint density at radius 2 is 1.96 bits per heavy atom. The summed E-state index contributed by atoms with van der Waals surface area (Å²) in [6, 6.07) is 12.4.